The van der Waals surface area contributed by atoms with E-state index in [2.05, 4.69) is 72.6 Å². The fraction of sp³-hybridized carbons (Fsp3) is 0.429. The molecule has 1 saturated heterocycles. The molecule has 0 aromatic heterocycles. The van der Waals surface area contributed by atoms with Crippen molar-refractivity contribution in [3.05, 3.63) is 60.2 Å². The molecule has 0 aliphatic carbocycles. The molecule has 0 bridgehead atoms. The number of hydrogen-bond acceptors (Lipinski definition) is 3. The molecule has 2 aromatic rings. The SMILES string of the molecule is CC(C)(CO)[C@@H](c1cccc(-c2ccccc2)c1)N1CCNCC1. The van der Waals surface area contributed by atoms with E-state index >= 15 is 0 Å². The molecule has 1 aliphatic rings. The Labute approximate surface area is 145 Å². The van der Waals surface area contributed by atoms with Gasteiger partial charge in [-0.3, -0.25) is 4.90 Å². The predicted molar refractivity (Wildman–Crippen MR) is 99.9 cm³/mol. The molecular weight excluding hydrogens is 296 g/mol. The van der Waals surface area contributed by atoms with Crippen LogP contribution in [0.3, 0.4) is 0 Å². The van der Waals surface area contributed by atoms with Crippen molar-refractivity contribution in [1.82, 2.24) is 10.2 Å². The van der Waals surface area contributed by atoms with Crippen LogP contribution in [0.2, 0.25) is 0 Å². The molecule has 0 amide bonds. The molecule has 1 aliphatic heterocycles. The second-order valence-electron chi connectivity index (χ2n) is 7.33. The first-order chi connectivity index (χ1) is 11.6. The van der Waals surface area contributed by atoms with Crippen LogP contribution in [0.1, 0.15) is 25.5 Å². The number of rotatable bonds is 5. The fourth-order valence-corrected chi connectivity index (χ4v) is 3.70. The van der Waals surface area contributed by atoms with E-state index < -0.39 is 0 Å². The zero-order valence-electron chi connectivity index (χ0n) is 14.7. The van der Waals surface area contributed by atoms with E-state index in [1.165, 1.54) is 16.7 Å². The first kappa shape index (κ1) is 17.2. The van der Waals surface area contributed by atoms with Gasteiger partial charge in [-0.25, -0.2) is 0 Å². The smallest absolute Gasteiger partial charge is 0.0500 e. The van der Waals surface area contributed by atoms with Crippen LogP contribution < -0.4 is 5.32 Å². The van der Waals surface area contributed by atoms with Crippen LogP contribution >= 0.6 is 0 Å². The van der Waals surface area contributed by atoms with E-state index in [4.69, 9.17) is 0 Å². The molecular formula is C21H28N2O. The largest absolute Gasteiger partial charge is 0.396 e. The van der Waals surface area contributed by atoms with Crippen molar-refractivity contribution in [2.24, 2.45) is 5.41 Å². The summed E-state index contributed by atoms with van der Waals surface area (Å²) in [6.45, 7) is 8.56. The lowest BCUT2D eigenvalue weighted by Crippen LogP contribution is -2.49. The minimum atomic E-state index is -0.188. The summed E-state index contributed by atoms with van der Waals surface area (Å²) in [6.07, 6.45) is 0. The molecule has 3 nitrogen and oxygen atoms in total. The van der Waals surface area contributed by atoms with Crippen LogP contribution in [-0.4, -0.2) is 42.8 Å². The standard InChI is InChI=1S/C21H28N2O/c1-21(2,16-24)20(23-13-11-22-12-14-23)19-10-6-9-18(15-19)17-7-4-3-5-8-17/h3-10,15,20,22,24H,11-14,16H2,1-2H3/t20-/m1/s1. The van der Waals surface area contributed by atoms with E-state index in [1.54, 1.807) is 0 Å². The summed E-state index contributed by atoms with van der Waals surface area (Å²) in [5.74, 6) is 0. The van der Waals surface area contributed by atoms with Crippen LogP contribution in [0, 0.1) is 5.41 Å². The maximum absolute atomic E-state index is 10.0. The molecule has 1 heterocycles. The number of hydrogen-bond donors (Lipinski definition) is 2. The summed E-state index contributed by atoms with van der Waals surface area (Å²) in [4.78, 5) is 2.51. The lowest BCUT2D eigenvalue weighted by Gasteiger charge is -2.43. The third kappa shape index (κ3) is 3.69. The topological polar surface area (TPSA) is 35.5 Å². The quantitative estimate of drug-likeness (QED) is 0.886. The number of aliphatic hydroxyl groups excluding tert-OH is 1. The second kappa shape index (κ2) is 7.47. The fourth-order valence-electron chi connectivity index (χ4n) is 3.70. The highest BCUT2D eigenvalue weighted by atomic mass is 16.3. The zero-order chi connectivity index (χ0) is 17.0. The van der Waals surface area contributed by atoms with Crippen molar-refractivity contribution in [2.45, 2.75) is 19.9 Å². The molecule has 24 heavy (non-hydrogen) atoms. The first-order valence-corrected chi connectivity index (χ1v) is 8.83. The lowest BCUT2D eigenvalue weighted by molar-refractivity contribution is 0.0305. The highest BCUT2D eigenvalue weighted by molar-refractivity contribution is 5.64. The highest BCUT2D eigenvalue weighted by Gasteiger charge is 2.35. The van der Waals surface area contributed by atoms with Gasteiger partial charge in [0.2, 0.25) is 0 Å². The summed E-state index contributed by atoms with van der Waals surface area (Å²) < 4.78 is 0. The summed E-state index contributed by atoms with van der Waals surface area (Å²) in [6, 6.07) is 19.5. The average molecular weight is 324 g/mol. The first-order valence-electron chi connectivity index (χ1n) is 8.83. The Morgan fingerprint density at radius 3 is 2.33 bits per heavy atom. The molecule has 2 aromatic carbocycles. The number of aliphatic hydroxyl groups is 1. The second-order valence-corrected chi connectivity index (χ2v) is 7.33. The molecule has 1 fully saturated rings. The van der Waals surface area contributed by atoms with Gasteiger partial charge in [0.15, 0.2) is 0 Å². The zero-order valence-corrected chi connectivity index (χ0v) is 14.7. The van der Waals surface area contributed by atoms with Gasteiger partial charge in [-0.2, -0.15) is 0 Å². The number of benzene rings is 2. The lowest BCUT2D eigenvalue weighted by atomic mass is 9.79. The Kier molecular flexibility index (Phi) is 5.34. The van der Waals surface area contributed by atoms with Crippen molar-refractivity contribution in [3.8, 4) is 11.1 Å². The van der Waals surface area contributed by atoms with Crippen LogP contribution in [0.4, 0.5) is 0 Å². The highest BCUT2D eigenvalue weighted by Crippen LogP contribution is 2.39. The third-order valence-corrected chi connectivity index (χ3v) is 4.97. The van der Waals surface area contributed by atoms with E-state index in [-0.39, 0.29) is 18.1 Å². The van der Waals surface area contributed by atoms with Gasteiger partial charge in [0.05, 0.1) is 0 Å². The van der Waals surface area contributed by atoms with Crippen molar-refractivity contribution in [3.63, 3.8) is 0 Å². The van der Waals surface area contributed by atoms with Crippen molar-refractivity contribution >= 4 is 0 Å². The van der Waals surface area contributed by atoms with E-state index in [1.807, 2.05) is 6.07 Å². The maximum Gasteiger partial charge on any atom is 0.0500 e. The molecule has 1 atom stereocenters. The summed E-state index contributed by atoms with van der Waals surface area (Å²) >= 11 is 0. The Morgan fingerprint density at radius 2 is 1.67 bits per heavy atom. The number of nitrogens with one attached hydrogen (secondary N) is 1. The summed E-state index contributed by atoms with van der Waals surface area (Å²) in [5.41, 5.74) is 3.58. The molecule has 0 saturated carbocycles. The minimum Gasteiger partial charge on any atom is -0.396 e. The summed E-state index contributed by atoms with van der Waals surface area (Å²) in [7, 11) is 0. The monoisotopic (exact) mass is 324 g/mol. The number of piperazine rings is 1. The van der Waals surface area contributed by atoms with Crippen LogP contribution in [0.25, 0.3) is 11.1 Å². The van der Waals surface area contributed by atoms with Crippen molar-refractivity contribution in [1.29, 1.82) is 0 Å². The van der Waals surface area contributed by atoms with Crippen molar-refractivity contribution < 1.29 is 5.11 Å². The number of nitrogens with zero attached hydrogens (tertiary/aromatic N) is 1. The molecule has 0 radical (unpaired) electrons. The van der Waals surface area contributed by atoms with Gasteiger partial charge in [-0.1, -0.05) is 62.4 Å². The molecule has 3 heteroatoms. The van der Waals surface area contributed by atoms with Gasteiger partial charge < -0.3 is 10.4 Å². The van der Waals surface area contributed by atoms with E-state index in [9.17, 15) is 5.11 Å². The van der Waals surface area contributed by atoms with Crippen LogP contribution in [0.15, 0.2) is 54.6 Å². The van der Waals surface area contributed by atoms with E-state index in [0.717, 1.165) is 26.2 Å². The van der Waals surface area contributed by atoms with Gasteiger partial charge in [-0.05, 0) is 22.8 Å². The van der Waals surface area contributed by atoms with Gasteiger partial charge in [0.25, 0.3) is 0 Å². The Hall–Kier alpha value is -1.68. The molecule has 0 unspecified atom stereocenters. The van der Waals surface area contributed by atoms with Crippen molar-refractivity contribution in [2.75, 3.05) is 32.8 Å². The molecule has 128 valence electrons. The molecule has 2 N–H and O–H groups in total. The van der Waals surface area contributed by atoms with Gasteiger partial charge in [0, 0.05) is 44.2 Å². The normalized spacial score (nSPS) is 17.6. The minimum absolute atomic E-state index is 0.178. The molecule has 0 spiro atoms. The third-order valence-electron chi connectivity index (χ3n) is 4.97. The van der Waals surface area contributed by atoms with E-state index in [0.29, 0.717) is 0 Å². The van der Waals surface area contributed by atoms with Gasteiger partial charge in [0.1, 0.15) is 0 Å². The van der Waals surface area contributed by atoms with Gasteiger partial charge >= 0.3 is 0 Å². The molecule has 3 rings (SSSR count). The van der Waals surface area contributed by atoms with Crippen LogP contribution in [-0.2, 0) is 0 Å². The maximum atomic E-state index is 10.0. The summed E-state index contributed by atoms with van der Waals surface area (Å²) in [5, 5.41) is 13.4. The average Bonchev–Trinajstić information content (AvgIpc) is 2.64. The van der Waals surface area contributed by atoms with Crippen LogP contribution in [0.5, 0.6) is 0 Å². The Bertz CT molecular complexity index is 648. The Balaban J connectivity index is 1.98. The van der Waals surface area contributed by atoms with Gasteiger partial charge in [-0.15, -0.1) is 0 Å². The predicted octanol–water partition coefficient (Wildman–Crippen LogP) is 3.32. The Morgan fingerprint density at radius 1 is 1.00 bits per heavy atom.